The Labute approximate surface area is 150 Å². The van der Waals surface area contributed by atoms with Crippen LogP contribution in [0.1, 0.15) is 58.8 Å². The molecule has 2 rings (SSSR count). The molecule has 0 aromatic rings. The number of carbonyl (C=O) groups excluding carboxylic acids is 3. The highest BCUT2D eigenvalue weighted by Gasteiger charge is 2.28. The lowest BCUT2D eigenvalue weighted by Gasteiger charge is -2.35. The Bertz CT molecular complexity index is 475. The number of likely N-dealkylation sites (tertiary alicyclic amines) is 2. The molecule has 0 aromatic carbocycles. The number of rotatable bonds is 5. The molecule has 7 nitrogen and oxygen atoms in total. The van der Waals surface area contributed by atoms with Crippen molar-refractivity contribution in [3.05, 3.63) is 0 Å². The second-order valence-electron chi connectivity index (χ2n) is 6.85. The second kappa shape index (κ2) is 9.63. The van der Waals surface area contributed by atoms with Crippen molar-refractivity contribution in [1.29, 1.82) is 0 Å². The fourth-order valence-corrected chi connectivity index (χ4v) is 3.69. The van der Waals surface area contributed by atoms with Gasteiger partial charge in [-0.2, -0.15) is 0 Å². The zero-order chi connectivity index (χ0) is 18.2. The van der Waals surface area contributed by atoms with Crippen molar-refractivity contribution in [2.75, 3.05) is 26.2 Å². The molecule has 25 heavy (non-hydrogen) atoms. The summed E-state index contributed by atoms with van der Waals surface area (Å²) in [7, 11) is 0. The molecule has 0 aromatic heterocycles. The molecule has 7 heteroatoms. The summed E-state index contributed by atoms with van der Waals surface area (Å²) in [6, 6.07) is 0.302. The highest BCUT2D eigenvalue weighted by molar-refractivity contribution is 5.97. The van der Waals surface area contributed by atoms with Crippen LogP contribution in [0.3, 0.4) is 0 Å². The average molecular weight is 353 g/mol. The van der Waals surface area contributed by atoms with Gasteiger partial charge in [0.05, 0.1) is 6.61 Å². The van der Waals surface area contributed by atoms with E-state index in [4.69, 9.17) is 4.74 Å². The lowest BCUT2D eigenvalue weighted by Crippen LogP contribution is -2.48. The van der Waals surface area contributed by atoms with Gasteiger partial charge in [-0.3, -0.25) is 9.59 Å². The van der Waals surface area contributed by atoms with E-state index in [1.54, 1.807) is 11.8 Å². The second-order valence-corrected chi connectivity index (χ2v) is 6.85. The molecule has 2 heterocycles. The molecule has 2 aliphatic heterocycles. The molecule has 1 atom stereocenters. The average Bonchev–Trinajstić information content (AvgIpc) is 2.62. The van der Waals surface area contributed by atoms with Gasteiger partial charge in [0, 0.05) is 31.7 Å². The normalized spacial score (nSPS) is 21.8. The van der Waals surface area contributed by atoms with Crippen LogP contribution >= 0.6 is 0 Å². The van der Waals surface area contributed by atoms with Crippen LogP contribution in [-0.4, -0.2) is 66.0 Å². The summed E-state index contributed by atoms with van der Waals surface area (Å²) in [6.45, 7) is 6.15. The molecule has 2 aliphatic rings. The van der Waals surface area contributed by atoms with Crippen molar-refractivity contribution >= 4 is 17.9 Å². The van der Waals surface area contributed by atoms with Gasteiger partial charge in [-0.25, -0.2) is 4.79 Å². The Balaban J connectivity index is 1.73. The fraction of sp³-hybridized carbons (Fsp3) is 0.833. The van der Waals surface area contributed by atoms with E-state index in [-0.39, 0.29) is 36.4 Å². The van der Waals surface area contributed by atoms with Crippen molar-refractivity contribution in [3.63, 3.8) is 0 Å². The van der Waals surface area contributed by atoms with Crippen LogP contribution in [0, 0.1) is 0 Å². The van der Waals surface area contributed by atoms with Crippen molar-refractivity contribution in [2.24, 2.45) is 0 Å². The first-order valence-electron chi connectivity index (χ1n) is 9.55. The Morgan fingerprint density at radius 2 is 1.76 bits per heavy atom. The van der Waals surface area contributed by atoms with E-state index in [2.05, 4.69) is 12.2 Å². The summed E-state index contributed by atoms with van der Waals surface area (Å²) in [4.78, 5) is 39.9. The zero-order valence-electron chi connectivity index (χ0n) is 15.5. The van der Waals surface area contributed by atoms with Crippen LogP contribution in [0.4, 0.5) is 4.79 Å². The lowest BCUT2D eigenvalue weighted by atomic mass is 9.99. The van der Waals surface area contributed by atoms with E-state index in [1.165, 1.54) is 0 Å². The number of ether oxygens (including phenoxy) is 1. The molecule has 1 N–H and O–H groups in total. The maximum Gasteiger partial charge on any atom is 0.409 e. The molecule has 3 amide bonds. The van der Waals surface area contributed by atoms with Gasteiger partial charge in [-0.1, -0.05) is 6.92 Å². The van der Waals surface area contributed by atoms with Crippen molar-refractivity contribution in [2.45, 2.75) is 70.9 Å². The van der Waals surface area contributed by atoms with Gasteiger partial charge in [0.25, 0.3) is 0 Å². The Kier molecular flexibility index (Phi) is 7.52. The van der Waals surface area contributed by atoms with Crippen LogP contribution in [0.25, 0.3) is 0 Å². The predicted octanol–water partition coefficient (Wildman–Crippen LogP) is 1.90. The molecule has 0 saturated carbocycles. The van der Waals surface area contributed by atoms with Crippen LogP contribution in [-0.2, 0) is 14.3 Å². The largest absolute Gasteiger partial charge is 0.450 e. The molecule has 2 saturated heterocycles. The number of amides is 3. The highest BCUT2D eigenvalue weighted by Crippen LogP contribution is 2.20. The van der Waals surface area contributed by atoms with Crippen LogP contribution in [0.15, 0.2) is 0 Å². The summed E-state index contributed by atoms with van der Waals surface area (Å²) < 4.78 is 4.99. The smallest absolute Gasteiger partial charge is 0.409 e. The number of carbonyl (C=O) groups is 3. The molecular formula is C18H31N3O4. The number of piperidine rings is 2. The fourth-order valence-electron chi connectivity index (χ4n) is 3.69. The number of nitrogens with zero attached hydrogens (tertiary/aromatic N) is 2. The van der Waals surface area contributed by atoms with Gasteiger partial charge < -0.3 is 19.9 Å². The standard InChI is InChI=1S/C18H31N3O4/c1-3-15-7-5-6-10-21(15)17(23)13-16(22)19-14-8-11-20(12-9-14)18(24)25-4-2/h14-15H,3-13H2,1-2H3,(H,19,22). The van der Waals surface area contributed by atoms with Crippen LogP contribution < -0.4 is 5.32 Å². The predicted molar refractivity (Wildman–Crippen MR) is 94.0 cm³/mol. The SMILES string of the molecule is CCOC(=O)N1CCC(NC(=O)CC(=O)N2CCCCC2CC)CC1. The van der Waals surface area contributed by atoms with Gasteiger partial charge in [0.1, 0.15) is 6.42 Å². The first-order valence-corrected chi connectivity index (χ1v) is 9.55. The molecule has 2 fully saturated rings. The third-order valence-electron chi connectivity index (χ3n) is 5.12. The number of hydrogen-bond acceptors (Lipinski definition) is 4. The van der Waals surface area contributed by atoms with E-state index in [0.717, 1.165) is 32.2 Å². The lowest BCUT2D eigenvalue weighted by molar-refractivity contribution is -0.139. The summed E-state index contributed by atoms with van der Waals surface area (Å²) in [5, 5.41) is 2.95. The molecule has 0 spiro atoms. The minimum atomic E-state index is -0.293. The van der Waals surface area contributed by atoms with Crippen LogP contribution in [0.5, 0.6) is 0 Å². The summed E-state index contributed by atoms with van der Waals surface area (Å²) >= 11 is 0. The van der Waals surface area contributed by atoms with Gasteiger partial charge in [-0.05, 0) is 45.4 Å². The third kappa shape index (κ3) is 5.61. The molecular weight excluding hydrogens is 322 g/mol. The number of hydrogen-bond donors (Lipinski definition) is 1. The Morgan fingerprint density at radius 1 is 1.04 bits per heavy atom. The van der Waals surface area contributed by atoms with Crippen LogP contribution in [0.2, 0.25) is 0 Å². The Morgan fingerprint density at radius 3 is 2.40 bits per heavy atom. The maximum atomic E-state index is 12.4. The first-order chi connectivity index (χ1) is 12.0. The minimum absolute atomic E-state index is 0.0225. The third-order valence-corrected chi connectivity index (χ3v) is 5.12. The quantitative estimate of drug-likeness (QED) is 0.766. The van der Waals surface area contributed by atoms with E-state index >= 15 is 0 Å². The zero-order valence-corrected chi connectivity index (χ0v) is 15.5. The van der Waals surface area contributed by atoms with Gasteiger partial charge in [-0.15, -0.1) is 0 Å². The number of nitrogens with one attached hydrogen (secondary N) is 1. The van der Waals surface area contributed by atoms with Gasteiger partial charge in [0.15, 0.2) is 0 Å². The van der Waals surface area contributed by atoms with E-state index in [9.17, 15) is 14.4 Å². The highest BCUT2D eigenvalue weighted by atomic mass is 16.6. The topological polar surface area (TPSA) is 79.0 Å². The van der Waals surface area contributed by atoms with Crippen molar-refractivity contribution in [1.82, 2.24) is 15.1 Å². The van der Waals surface area contributed by atoms with E-state index in [0.29, 0.717) is 32.5 Å². The van der Waals surface area contributed by atoms with Gasteiger partial charge >= 0.3 is 6.09 Å². The summed E-state index contributed by atoms with van der Waals surface area (Å²) in [5.74, 6) is -0.270. The minimum Gasteiger partial charge on any atom is -0.450 e. The van der Waals surface area contributed by atoms with Crippen molar-refractivity contribution < 1.29 is 19.1 Å². The summed E-state index contributed by atoms with van der Waals surface area (Å²) in [5.41, 5.74) is 0. The Hall–Kier alpha value is -1.79. The molecule has 0 bridgehead atoms. The molecule has 0 radical (unpaired) electrons. The summed E-state index contributed by atoms with van der Waals surface area (Å²) in [6.07, 6.45) is 5.19. The van der Waals surface area contributed by atoms with E-state index in [1.807, 2.05) is 4.90 Å². The van der Waals surface area contributed by atoms with E-state index < -0.39 is 0 Å². The molecule has 0 aliphatic carbocycles. The molecule has 1 unspecified atom stereocenters. The van der Waals surface area contributed by atoms with Crippen molar-refractivity contribution in [3.8, 4) is 0 Å². The first kappa shape index (κ1) is 19.5. The maximum absolute atomic E-state index is 12.4. The molecule has 142 valence electrons. The van der Waals surface area contributed by atoms with Gasteiger partial charge in [0.2, 0.25) is 11.8 Å². The monoisotopic (exact) mass is 353 g/mol.